The number of hydrogen-bond acceptors (Lipinski definition) is 4. The Bertz CT molecular complexity index is 820. The smallest absolute Gasteiger partial charge is 0.249 e. The van der Waals surface area contributed by atoms with E-state index in [1.807, 2.05) is 35.1 Å². The first-order chi connectivity index (χ1) is 13.0. The summed E-state index contributed by atoms with van der Waals surface area (Å²) in [5, 5.41) is 7.86. The Kier molecular flexibility index (Phi) is 4.68. The molecule has 6 nitrogen and oxygen atoms in total. The molecule has 0 saturated carbocycles. The van der Waals surface area contributed by atoms with Crippen molar-refractivity contribution in [3.63, 3.8) is 0 Å². The summed E-state index contributed by atoms with van der Waals surface area (Å²) in [7, 11) is 1.66. The van der Waals surface area contributed by atoms with Crippen molar-refractivity contribution in [3.8, 4) is 11.4 Å². The molecule has 1 aliphatic heterocycles. The van der Waals surface area contributed by atoms with Crippen molar-refractivity contribution in [1.82, 2.24) is 15.1 Å². The predicted molar refractivity (Wildman–Crippen MR) is 102 cm³/mol. The molecule has 0 spiro atoms. The minimum Gasteiger partial charge on any atom is -0.497 e. The maximum atomic E-state index is 12.6. The standard InChI is InChI=1S/C21H27N3O3/c1-21(2)11-17(23-20(25)19-5-4-10-27-19)16-13-22-24(18(16)12-21)14-6-8-15(26-3)9-7-14/h6-9,13,17,19H,4-5,10-12H2,1-3H3,(H,23,25)/t17-,19+/m0/s1. The number of nitrogens with zero attached hydrogens (tertiary/aromatic N) is 2. The molecule has 6 heteroatoms. The summed E-state index contributed by atoms with van der Waals surface area (Å²) in [5.74, 6) is 0.820. The lowest BCUT2D eigenvalue weighted by atomic mass is 9.74. The Morgan fingerprint density at radius 1 is 1.33 bits per heavy atom. The van der Waals surface area contributed by atoms with Crippen molar-refractivity contribution >= 4 is 5.91 Å². The molecule has 144 valence electrons. The number of aromatic nitrogens is 2. The van der Waals surface area contributed by atoms with Crippen LogP contribution >= 0.6 is 0 Å². The van der Waals surface area contributed by atoms with E-state index >= 15 is 0 Å². The molecule has 1 aromatic heterocycles. The molecule has 0 radical (unpaired) electrons. The molecule has 1 N–H and O–H groups in total. The van der Waals surface area contributed by atoms with Crippen LogP contribution in [0.3, 0.4) is 0 Å². The number of ether oxygens (including phenoxy) is 2. The van der Waals surface area contributed by atoms with Crippen LogP contribution in [0.15, 0.2) is 30.5 Å². The third-order valence-electron chi connectivity index (χ3n) is 5.53. The van der Waals surface area contributed by atoms with E-state index in [4.69, 9.17) is 9.47 Å². The van der Waals surface area contributed by atoms with Crippen LogP contribution in [0.5, 0.6) is 5.75 Å². The molecule has 1 saturated heterocycles. The van der Waals surface area contributed by atoms with Crippen molar-refractivity contribution in [2.45, 2.75) is 51.7 Å². The second-order valence-electron chi connectivity index (χ2n) is 8.26. The summed E-state index contributed by atoms with van der Waals surface area (Å²) >= 11 is 0. The molecule has 1 aliphatic carbocycles. The van der Waals surface area contributed by atoms with Crippen LogP contribution in [-0.4, -0.2) is 35.5 Å². The molecule has 1 aromatic carbocycles. The number of amides is 1. The van der Waals surface area contributed by atoms with Gasteiger partial charge in [-0.1, -0.05) is 13.8 Å². The minimum absolute atomic E-state index is 0.00153. The fraction of sp³-hybridized carbons (Fsp3) is 0.524. The minimum atomic E-state index is -0.310. The molecule has 2 heterocycles. The molecule has 0 bridgehead atoms. The summed E-state index contributed by atoms with van der Waals surface area (Å²) < 4.78 is 12.8. The van der Waals surface area contributed by atoms with Gasteiger partial charge in [-0.3, -0.25) is 4.79 Å². The van der Waals surface area contributed by atoms with Gasteiger partial charge in [-0.2, -0.15) is 5.10 Å². The highest BCUT2D eigenvalue weighted by molar-refractivity contribution is 5.81. The SMILES string of the molecule is COc1ccc(-n2ncc3c2CC(C)(C)C[C@@H]3NC(=O)[C@H]2CCCO2)cc1. The van der Waals surface area contributed by atoms with Crippen molar-refractivity contribution < 1.29 is 14.3 Å². The first-order valence-corrected chi connectivity index (χ1v) is 9.60. The van der Waals surface area contributed by atoms with Crippen LogP contribution in [0.25, 0.3) is 5.69 Å². The van der Waals surface area contributed by atoms with Gasteiger partial charge in [-0.05, 0) is 55.4 Å². The summed E-state index contributed by atoms with van der Waals surface area (Å²) in [4.78, 5) is 12.6. The first-order valence-electron chi connectivity index (χ1n) is 9.60. The number of carbonyl (C=O) groups is 1. The van der Waals surface area contributed by atoms with Crippen LogP contribution in [0.1, 0.15) is 50.4 Å². The molecule has 2 atom stereocenters. The van der Waals surface area contributed by atoms with Crippen molar-refractivity contribution in [2.24, 2.45) is 5.41 Å². The number of nitrogens with one attached hydrogen (secondary N) is 1. The predicted octanol–water partition coefficient (Wildman–Crippen LogP) is 3.19. The summed E-state index contributed by atoms with van der Waals surface area (Å²) in [6.07, 6.45) is 5.16. The second kappa shape index (κ2) is 7.00. The zero-order chi connectivity index (χ0) is 19.0. The zero-order valence-corrected chi connectivity index (χ0v) is 16.2. The molecule has 1 fully saturated rings. The molecule has 1 amide bonds. The topological polar surface area (TPSA) is 65.4 Å². The Hall–Kier alpha value is -2.34. The highest BCUT2D eigenvalue weighted by Crippen LogP contribution is 2.41. The third kappa shape index (κ3) is 3.58. The van der Waals surface area contributed by atoms with Crippen molar-refractivity contribution in [2.75, 3.05) is 13.7 Å². The Morgan fingerprint density at radius 2 is 2.11 bits per heavy atom. The Balaban J connectivity index is 1.63. The number of benzene rings is 1. The van der Waals surface area contributed by atoms with E-state index in [1.165, 1.54) is 0 Å². The van der Waals surface area contributed by atoms with Gasteiger partial charge in [-0.15, -0.1) is 0 Å². The van der Waals surface area contributed by atoms with E-state index in [0.717, 1.165) is 48.4 Å². The van der Waals surface area contributed by atoms with E-state index in [2.05, 4.69) is 24.3 Å². The van der Waals surface area contributed by atoms with Gasteiger partial charge in [0.05, 0.1) is 30.7 Å². The average Bonchev–Trinajstić information content (AvgIpc) is 3.31. The molecule has 27 heavy (non-hydrogen) atoms. The first kappa shape index (κ1) is 18.0. The van der Waals surface area contributed by atoms with Crippen LogP contribution in [-0.2, 0) is 16.0 Å². The lowest BCUT2D eigenvalue weighted by molar-refractivity contribution is -0.131. The van der Waals surface area contributed by atoms with Crippen LogP contribution in [0, 0.1) is 5.41 Å². The summed E-state index contributed by atoms with van der Waals surface area (Å²) in [6, 6.07) is 7.86. The zero-order valence-electron chi connectivity index (χ0n) is 16.2. The van der Waals surface area contributed by atoms with Crippen LogP contribution < -0.4 is 10.1 Å². The summed E-state index contributed by atoms with van der Waals surface area (Å²) in [6.45, 7) is 5.16. The van der Waals surface area contributed by atoms with Gasteiger partial charge in [0.2, 0.25) is 5.91 Å². The van der Waals surface area contributed by atoms with E-state index in [9.17, 15) is 4.79 Å². The second-order valence-corrected chi connectivity index (χ2v) is 8.26. The monoisotopic (exact) mass is 369 g/mol. The molecule has 0 unspecified atom stereocenters. The van der Waals surface area contributed by atoms with Crippen LogP contribution in [0.4, 0.5) is 0 Å². The number of hydrogen-bond donors (Lipinski definition) is 1. The number of carbonyl (C=O) groups excluding carboxylic acids is 1. The maximum absolute atomic E-state index is 12.6. The van der Waals surface area contributed by atoms with E-state index in [-0.39, 0.29) is 23.5 Å². The molecular formula is C21H27N3O3. The Labute approximate surface area is 159 Å². The average molecular weight is 369 g/mol. The Morgan fingerprint density at radius 3 is 2.78 bits per heavy atom. The lowest BCUT2D eigenvalue weighted by Gasteiger charge is -2.36. The number of rotatable bonds is 4. The van der Waals surface area contributed by atoms with Gasteiger partial charge in [0, 0.05) is 12.2 Å². The number of methoxy groups -OCH3 is 1. The number of fused-ring (bicyclic) bond motifs is 1. The maximum Gasteiger partial charge on any atom is 0.249 e. The van der Waals surface area contributed by atoms with E-state index < -0.39 is 0 Å². The molecular weight excluding hydrogens is 342 g/mol. The lowest BCUT2D eigenvalue weighted by Crippen LogP contribution is -2.41. The quantitative estimate of drug-likeness (QED) is 0.899. The summed E-state index contributed by atoms with van der Waals surface area (Å²) in [5.41, 5.74) is 3.34. The van der Waals surface area contributed by atoms with Gasteiger partial charge < -0.3 is 14.8 Å². The van der Waals surface area contributed by atoms with E-state index in [0.29, 0.717) is 6.61 Å². The van der Waals surface area contributed by atoms with Crippen LogP contribution in [0.2, 0.25) is 0 Å². The van der Waals surface area contributed by atoms with E-state index in [1.54, 1.807) is 7.11 Å². The normalized spacial score (nSPS) is 23.7. The molecule has 2 aromatic rings. The largest absolute Gasteiger partial charge is 0.497 e. The van der Waals surface area contributed by atoms with Gasteiger partial charge in [0.1, 0.15) is 11.9 Å². The highest BCUT2D eigenvalue weighted by atomic mass is 16.5. The van der Waals surface area contributed by atoms with Gasteiger partial charge in [0.25, 0.3) is 0 Å². The fourth-order valence-electron chi connectivity index (χ4n) is 4.17. The molecule has 4 rings (SSSR count). The fourth-order valence-corrected chi connectivity index (χ4v) is 4.17. The van der Waals surface area contributed by atoms with Crippen molar-refractivity contribution in [3.05, 3.63) is 41.7 Å². The van der Waals surface area contributed by atoms with Gasteiger partial charge in [0.15, 0.2) is 0 Å². The molecule has 2 aliphatic rings. The third-order valence-corrected chi connectivity index (χ3v) is 5.53. The highest BCUT2D eigenvalue weighted by Gasteiger charge is 2.37. The van der Waals surface area contributed by atoms with Gasteiger partial charge >= 0.3 is 0 Å². The van der Waals surface area contributed by atoms with Gasteiger partial charge in [-0.25, -0.2) is 4.68 Å². The van der Waals surface area contributed by atoms with Crippen molar-refractivity contribution in [1.29, 1.82) is 0 Å².